The average Bonchev–Trinajstić information content (AvgIpc) is 3.12. The molecule has 0 bridgehead atoms. The van der Waals surface area contributed by atoms with Crippen molar-refractivity contribution in [3.63, 3.8) is 0 Å². The molecule has 4 rings (SSSR count). The molecule has 1 aromatic heterocycles. The second-order valence-electron chi connectivity index (χ2n) is 5.80. The van der Waals surface area contributed by atoms with Crippen molar-refractivity contribution < 1.29 is 9.59 Å². The number of aromatic nitrogens is 1. The van der Waals surface area contributed by atoms with Crippen LogP contribution in [0.2, 0.25) is 0 Å². The zero-order chi connectivity index (χ0) is 16.0. The second kappa shape index (κ2) is 5.05. The fourth-order valence-electron chi connectivity index (χ4n) is 3.25. The molecule has 2 aliphatic rings. The standard InChI is InChI=1S/C16H15N5O2/c1-8-14(16(23)21-18-8)10-6-13(19-20-15(10)22)11-7-17-12-5-3-2-4-9(11)12/h2-5,7,10,14,17H,6H2,1H3,(H,20,22)(H,21,23)/t10-,14-/m0/s1. The summed E-state index contributed by atoms with van der Waals surface area (Å²) in [7, 11) is 0. The van der Waals surface area contributed by atoms with E-state index in [2.05, 4.69) is 26.0 Å². The first-order chi connectivity index (χ1) is 11.1. The van der Waals surface area contributed by atoms with Gasteiger partial charge in [-0.3, -0.25) is 9.59 Å². The second-order valence-corrected chi connectivity index (χ2v) is 5.80. The van der Waals surface area contributed by atoms with Gasteiger partial charge in [-0.2, -0.15) is 10.2 Å². The average molecular weight is 309 g/mol. The van der Waals surface area contributed by atoms with Crippen LogP contribution in [0.5, 0.6) is 0 Å². The highest BCUT2D eigenvalue weighted by atomic mass is 16.2. The number of nitrogens with zero attached hydrogens (tertiary/aromatic N) is 2. The fraction of sp³-hybridized carbons (Fsp3) is 0.250. The zero-order valence-corrected chi connectivity index (χ0v) is 12.5. The van der Waals surface area contributed by atoms with Crippen LogP contribution in [0, 0.1) is 11.8 Å². The summed E-state index contributed by atoms with van der Waals surface area (Å²) in [5.41, 5.74) is 8.34. The maximum absolute atomic E-state index is 12.2. The van der Waals surface area contributed by atoms with Crippen LogP contribution in [0.3, 0.4) is 0 Å². The number of carbonyl (C=O) groups is 2. The lowest BCUT2D eigenvalue weighted by atomic mass is 9.82. The number of H-pyrrole nitrogens is 1. The molecule has 0 radical (unpaired) electrons. The Morgan fingerprint density at radius 2 is 1.87 bits per heavy atom. The van der Waals surface area contributed by atoms with E-state index in [4.69, 9.17) is 0 Å². The number of rotatable bonds is 2. The Hall–Kier alpha value is -2.96. The van der Waals surface area contributed by atoms with Crippen molar-refractivity contribution in [2.24, 2.45) is 22.0 Å². The first kappa shape index (κ1) is 13.7. The zero-order valence-electron chi connectivity index (χ0n) is 12.5. The SMILES string of the molecule is CC1=NNC(=O)[C@@H]1[C@@H]1CC(c2c[nH]c3ccccc23)=NNC1=O. The van der Waals surface area contributed by atoms with Gasteiger partial charge in [0.2, 0.25) is 11.8 Å². The third-order valence-electron chi connectivity index (χ3n) is 4.43. The van der Waals surface area contributed by atoms with E-state index in [9.17, 15) is 9.59 Å². The van der Waals surface area contributed by atoms with Crippen LogP contribution < -0.4 is 10.9 Å². The van der Waals surface area contributed by atoms with Crippen molar-refractivity contribution in [2.45, 2.75) is 13.3 Å². The molecule has 3 heterocycles. The summed E-state index contributed by atoms with van der Waals surface area (Å²) >= 11 is 0. The van der Waals surface area contributed by atoms with Crippen LogP contribution >= 0.6 is 0 Å². The number of hydrogen-bond donors (Lipinski definition) is 3. The molecule has 0 spiro atoms. The number of hydrogen-bond acceptors (Lipinski definition) is 4. The molecule has 7 nitrogen and oxygen atoms in total. The summed E-state index contributed by atoms with van der Waals surface area (Å²) in [6.45, 7) is 1.76. The van der Waals surface area contributed by atoms with Crippen molar-refractivity contribution in [3.8, 4) is 0 Å². The highest BCUT2D eigenvalue weighted by Gasteiger charge is 2.41. The molecule has 2 aliphatic heterocycles. The quantitative estimate of drug-likeness (QED) is 0.775. The first-order valence-corrected chi connectivity index (χ1v) is 7.42. The lowest BCUT2D eigenvalue weighted by Gasteiger charge is -2.24. The summed E-state index contributed by atoms with van der Waals surface area (Å²) in [6, 6.07) is 7.91. The Morgan fingerprint density at radius 3 is 2.65 bits per heavy atom. The van der Waals surface area contributed by atoms with Crippen molar-refractivity contribution in [1.82, 2.24) is 15.8 Å². The minimum atomic E-state index is -0.536. The van der Waals surface area contributed by atoms with Crippen LogP contribution in [0.1, 0.15) is 18.9 Å². The molecular formula is C16H15N5O2. The predicted octanol–water partition coefficient (Wildman–Crippen LogP) is 1.13. The van der Waals surface area contributed by atoms with Gasteiger partial charge in [0.15, 0.2) is 0 Å². The van der Waals surface area contributed by atoms with Gasteiger partial charge < -0.3 is 4.98 Å². The van der Waals surface area contributed by atoms with Crippen molar-refractivity contribution in [2.75, 3.05) is 0 Å². The number of nitrogens with one attached hydrogen (secondary N) is 3. The topological polar surface area (TPSA) is 98.7 Å². The summed E-state index contributed by atoms with van der Waals surface area (Å²) < 4.78 is 0. The summed E-state index contributed by atoms with van der Waals surface area (Å²) in [4.78, 5) is 27.4. The molecule has 2 amide bonds. The Kier molecular flexibility index (Phi) is 3.00. The number of para-hydroxylation sites is 1. The van der Waals surface area contributed by atoms with Crippen LogP contribution in [-0.4, -0.2) is 28.2 Å². The number of fused-ring (bicyclic) bond motifs is 1. The van der Waals surface area contributed by atoms with Crippen molar-refractivity contribution in [3.05, 3.63) is 36.0 Å². The van der Waals surface area contributed by atoms with Crippen LogP contribution in [-0.2, 0) is 9.59 Å². The van der Waals surface area contributed by atoms with Gasteiger partial charge in [0.1, 0.15) is 0 Å². The molecule has 0 aliphatic carbocycles. The lowest BCUT2D eigenvalue weighted by molar-refractivity contribution is -0.132. The van der Waals surface area contributed by atoms with Crippen molar-refractivity contribution >= 4 is 34.1 Å². The molecule has 23 heavy (non-hydrogen) atoms. The van der Waals surface area contributed by atoms with Crippen molar-refractivity contribution in [1.29, 1.82) is 0 Å². The number of hydrazone groups is 2. The van der Waals surface area contributed by atoms with E-state index in [0.29, 0.717) is 12.1 Å². The molecular weight excluding hydrogens is 294 g/mol. The van der Waals surface area contributed by atoms with Gasteiger partial charge in [-0.15, -0.1) is 0 Å². The molecule has 1 aromatic carbocycles. The number of carbonyl (C=O) groups excluding carboxylic acids is 2. The Bertz CT molecular complexity index is 879. The van der Waals surface area contributed by atoms with Crippen LogP contribution in [0.25, 0.3) is 10.9 Å². The fourth-order valence-corrected chi connectivity index (χ4v) is 3.25. The van der Waals surface area contributed by atoms with Crippen LogP contribution in [0.15, 0.2) is 40.7 Å². The van der Waals surface area contributed by atoms with Crippen LogP contribution in [0.4, 0.5) is 0 Å². The van der Waals surface area contributed by atoms with E-state index in [1.54, 1.807) is 6.92 Å². The van der Waals surface area contributed by atoms with E-state index in [0.717, 1.165) is 22.2 Å². The molecule has 0 saturated carbocycles. The van der Waals surface area contributed by atoms with Gasteiger partial charge in [0.25, 0.3) is 0 Å². The third-order valence-corrected chi connectivity index (χ3v) is 4.43. The largest absolute Gasteiger partial charge is 0.360 e. The smallest absolute Gasteiger partial charge is 0.249 e. The Morgan fingerprint density at radius 1 is 1.09 bits per heavy atom. The Labute approximate surface area is 131 Å². The van der Waals surface area contributed by atoms with Gasteiger partial charge in [-0.25, -0.2) is 10.9 Å². The molecule has 116 valence electrons. The minimum Gasteiger partial charge on any atom is -0.360 e. The summed E-state index contributed by atoms with van der Waals surface area (Å²) in [5, 5.41) is 9.18. The maximum atomic E-state index is 12.2. The van der Waals surface area contributed by atoms with E-state index >= 15 is 0 Å². The molecule has 7 heteroatoms. The van der Waals surface area contributed by atoms with Gasteiger partial charge in [0.05, 0.1) is 17.5 Å². The Balaban J connectivity index is 1.70. The minimum absolute atomic E-state index is 0.233. The van der Waals surface area contributed by atoms with E-state index < -0.39 is 11.8 Å². The molecule has 2 aromatic rings. The molecule has 0 saturated heterocycles. The number of benzene rings is 1. The third kappa shape index (κ3) is 2.12. The number of amides is 2. The molecule has 3 N–H and O–H groups in total. The predicted molar refractivity (Wildman–Crippen MR) is 85.8 cm³/mol. The van der Waals surface area contributed by atoms with E-state index in [1.165, 1.54) is 0 Å². The normalized spacial score (nSPS) is 24.2. The van der Waals surface area contributed by atoms with Gasteiger partial charge >= 0.3 is 0 Å². The van der Waals surface area contributed by atoms with E-state index in [1.807, 2.05) is 30.5 Å². The highest BCUT2D eigenvalue weighted by molar-refractivity contribution is 6.15. The maximum Gasteiger partial charge on any atom is 0.249 e. The first-order valence-electron chi connectivity index (χ1n) is 7.42. The summed E-state index contributed by atoms with van der Waals surface area (Å²) in [5.74, 6) is -1.51. The number of aromatic amines is 1. The van der Waals surface area contributed by atoms with Gasteiger partial charge in [-0.1, -0.05) is 18.2 Å². The van der Waals surface area contributed by atoms with Gasteiger partial charge in [-0.05, 0) is 13.0 Å². The molecule has 0 fully saturated rings. The molecule has 2 atom stereocenters. The summed E-state index contributed by atoms with van der Waals surface area (Å²) in [6.07, 6.45) is 2.28. The van der Waals surface area contributed by atoms with E-state index in [-0.39, 0.29) is 11.8 Å². The monoisotopic (exact) mass is 309 g/mol. The molecule has 0 unspecified atom stereocenters. The highest BCUT2D eigenvalue weighted by Crippen LogP contribution is 2.28. The van der Waals surface area contributed by atoms with Gasteiger partial charge in [0, 0.05) is 34.8 Å². The lowest BCUT2D eigenvalue weighted by Crippen LogP contribution is -2.43.